The third-order valence-corrected chi connectivity index (χ3v) is 1.74. The van der Waals surface area contributed by atoms with Crippen LogP contribution in [0.1, 0.15) is 0 Å². The summed E-state index contributed by atoms with van der Waals surface area (Å²) in [6.07, 6.45) is 0.245. The Morgan fingerprint density at radius 2 is 2.33 bits per heavy atom. The van der Waals surface area contributed by atoms with Gasteiger partial charge in [0.1, 0.15) is 0 Å². The maximum atomic E-state index is 11.0. The minimum atomic E-state index is -1.83. The Morgan fingerprint density at radius 1 is 1.58 bits per heavy atom. The molecule has 7 nitrogen and oxygen atoms in total. The molecule has 0 aliphatic carbocycles. The summed E-state index contributed by atoms with van der Waals surface area (Å²) in [6.45, 7) is 0. The SMILES string of the molecule is O=C1NC(=O)C2(O)NC=NC2N1. The molecule has 2 heterocycles. The van der Waals surface area contributed by atoms with E-state index in [0.29, 0.717) is 0 Å². The summed E-state index contributed by atoms with van der Waals surface area (Å²) < 4.78 is 0. The smallest absolute Gasteiger partial charge is 0.323 e. The average Bonchev–Trinajstić information content (AvgIpc) is 2.33. The van der Waals surface area contributed by atoms with E-state index < -0.39 is 23.8 Å². The Hall–Kier alpha value is -1.63. The van der Waals surface area contributed by atoms with E-state index in [4.69, 9.17) is 0 Å². The van der Waals surface area contributed by atoms with Crippen LogP contribution >= 0.6 is 0 Å². The number of aliphatic imine (C=N–C) groups is 1. The Labute approximate surface area is 66.8 Å². The minimum absolute atomic E-state index is 0.657. The maximum Gasteiger partial charge on any atom is 0.323 e. The number of carbonyl (C=O) groups excluding carboxylic acids is 2. The summed E-state index contributed by atoms with van der Waals surface area (Å²) in [5.74, 6) is -0.797. The first-order valence-electron chi connectivity index (χ1n) is 3.26. The highest BCUT2D eigenvalue weighted by Crippen LogP contribution is 2.15. The highest BCUT2D eigenvalue weighted by molar-refractivity contribution is 6.03. The lowest BCUT2D eigenvalue weighted by Crippen LogP contribution is -2.71. The van der Waals surface area contributed by atoms with Gasteiger partial charge >= 0.3 is 6.03 Å². The quantitative estimate of drug-likeness (QED) is 0.322. The van der Waals surface area contributed by atoms with Crippen molar-refractivity contribution in [3.8, 4) is 0 Å². The molecule has 0 bridgehead atoms. The first kappa shape index (κ1) is 7.04. The summed E-state index contributed by atoms with van der Waals surface area (Å²) in [6, 6.07) is -0.657. The first-order valence-corrected chi connectivity index (χ1v) is 3.26. The van der Waals surface area contributed by atoms with Gasteiger partial charge in [-0.15, -0.1) is 0 Å². The molecule has 64 valence electrons. The lowest BCUT2D eigenvalue weighted by Gasteiger charge is -2.31. The van der Waals surface area contributed by atoms with Crippen LogP contribution in [0.25, 0.3) is 0 Å². The number of urea groups is 1. The molecule has 2 unspecified atom stereocenters. The van der Waals surface area contributed by atoms with Crippen molar-refractivity contribution in [2.24, 2.45) is 4.99 Å². The van der Waals surface area contributed by atoms with E-state index in [1.807, 2.05) is 5.32 Å². The first-order chi connectivity index (χ1) is 5.63. The van der Waals surface area contributed by atoms with Crippen LogP contribution in [-0.4, -0.2) is 35.3 Å². The van der Waals surface area contributed by atoms with Crippen LogP contribution in [0.3, 0.4) is 0 Å². The number of imide groups is 1. The molecule has 0 aromatic heterocycles. The molecule has 0 saturated carbocycles. The van der Waals surface area contributed by atoms with Crippen LogP contribution < -0.4 is 16.0 Å². The molecular weight excluding hydrogens is 164 g/mol. The normalized spacial score (nSPS) is 38.2. The van der Waals surface area contributed by atoms with Crippen LogP contribution in [0.2, 0.25) is 0 Å². The van der Waals surface area contributed by atoms with Gasteiger partial charge in [-0.2, -0.15) is 0 Å². The molecule has 1 saturated heterocycles. The number of hydrogen-bond acceptors (Lipinski definition) is 5. The van der Waals surface area contributed by atoms with E-state index in [9.17, 15) is 14.7 Å². The molecule has 2 aliphatic heterocycles. The highest BCUT2D eigenvalue weighted by atomic mass is 16.3. The number of aliphatic hydroxyl groups is 1. The summed E-state index contributed by atoms with van der Waals surface area (Å²) in [5.41, 5.74) is -1.83. The predicted molar refractivity (Wildman–Crippen MR) is 37.0 cm³/mol. The van der Waals surface area contributed by atoms with Gasteiger partial charge in [-0.25, -0.2) is 9.79 Å². The number of rotatable bonds is 0. The lowest BCUT2D eigenvalue weighted by molar-refractivity contribution is -0.144. The number of amides is 3. The summed E-state index contributed by atoms with van der Waals surface area (Å²) >= 11 is 0. The van der Waals surface area contributed by atoms with Gasteiger partial charge in [0, 0.05) is 0 Å². The van der Waals surface area contributed by atoms with Gasteiger partial charge in [-0.3, -0.25) is 10.1 Å². The van der Waals surface area contributed by atoms with Gasteiger partial charge in [0.25, 0.3) is 11.6 Å². The van der Waals surface area contributed by atoms with Crippen molar-refractivity contribution in [1.82, 2.24) is 16.0 Å². The van der Waals surface area contributed by atoms with Crippen molar-refractivity contribution in [2.75, 3.05) is 0 Å². The second-order valence-electron chi connectivity index (χ2n) is 2.52. The fraction of sp³-hybridized carbons (Fsp3) is 0.400. The molecule has 2 atom stereocenters. The van der Waals surface area contributed by atoms with Crippen LogP contribution in [0, 0.1) is 0 Å². The molecule has 2 aliphatic rings. The van der Waals surface area contributed by atoms with Crippen molar-refractivity contribution in [2.45, 2.75) is 11.9 Å². The van der Waals surface area contributed by atoms with Crippen molar-refractivity contribution in [3.63, 3.8) is 0 Å². The van der Waals surface area contributed by atoms with Crippen LogP contribution in [0.4, 0.5) is 4.79 Å². The Kier molecular flexibility index (Phi) is 1.14. The van der Waals surface area contributed by atoms with Gasteiger partial charge in [-0.1, -0.05) is 0 Å². The molecule has 0 spiro atoms. The Bertz CT molecular complexity index is 288. The number of hydrogen-bond donors (Lipinski definition) is 4. The third kappa shape index (κ3) is 0.706. The molecule has 1 fully saturated rings. The van der Waals surface area contributed by atoms with Gasteiger partial charge in [0.05, 0.1) is 6.34 Å². The van der Waals surface area contributed by atoms with E-state index in [1.165, 1.54) is 6.34 Å². The topological polar surface area (TPSA) is 103 Å². The molecule has 4 N–H and O–H groups in total. The Morgan fingerprint density at radius 3 is 3.08 bits per heavy atom. The molecule has 0 aromatic carbocycles. The molecule has 0 aromatic rings. The summed E-state index contributed by atoms with van der Waals surface area (Å²) in [5, 5.41) is 16.1. The van der Waals surface area contributed by atoms with Gasteiger partial charge < -0.3 is 15.7 Å². The summed E-state index contributed by atoms with van der Waals surface area (Å²) in [7, 11) is 0. The van der Waals surface area contributed by atoms with Crippen LogP contribution in [0.5, 0.6) is 0 Å². The molecular formula is C5H6N4O3. The lowest BCUT2D eigenvalue weighted by atomic mass is 10.1. The van der Waals surface area contributed by atoms with E-state index in [0.717, 1.165) is 0 Å². The second kappa shape index (κ2) is 1.95. The average molecular weight is 170 g/mol. The van der Waals surface area contributed by atoms with Gasteiger partial charge in [0.15, 0.2) is 6.17 Å². The van der Waals surface area contributed by atoms with Gasteiger partial charge in [0.2, 0.25) is 0 Å². The van der Waals surface area contributed by atoms with Crippen molar-refractivity contribution < 1.29 is 14.7 Å². The predicted octanol–water partition coefficient (Wildman–Crippen LogP) is -2.53. The zero-order valence-electron chi connectivity index (χ0n) is 5.87. The highest BCUT2D eigenvalue weighted by Gasteiger charge is 2.51. The van der Waals surface area contributed by atoms with Crippen molar-refractivity contribution in [3.05, 3.63) is 0 Å². The van der Waals surface area contributed by atoms with Crippen molar-refractivity contribution >= 4 is 18.3 Å². The Balaban J connectivity index is 2.32. The summed E-state index contributed by atoms with van der Waals surface area (Å²) in [4.78, 5) is 25.4. The van der Waals surface area contributed by atoms with Crippen LogP contribution in [-0.2, 0) is 4.79 Å². The zero-order chi connectivity index (χ0) is 8.77. The fourth-order valence-corrected chi connectivity index (χ4v) is 1.09. The number of nitrogens with zero attached hydrogens (tertiary/aromatic N) is 1. The van der Waals surface area contributed by atoms with E-state index in [-0.39, 0.29) is 0 Å². The number of nitrogens with one attached hydrogen (secondary N) is 3. The standard InChI is InChI=1S/C5H6N4O3/c10-3-5(12)2(6-1-7-5)8-4(11)9-3/h1-2,12H,(H,6,7)(H2,8,9,10,11). The monoisotopic (exact) mass is 170 g/mol. The van der Waals surface area contributed by atoms with E-state index in [1.54, 1.807) is 0 Å². The molecule has 0 radical (unpaired) electrons. The van der Waals surface area contributed by atoms with Gasteiger partial charge in [-0.05, 0) is 0 Å². The fourth-order valence-electron chi connectivity index (χ4n) is 1.09. The second-order valence-corrected chi connectivity index (χ2v) is 2.52. The minimum Gasteiger partial charge on any atom is -0.360 e. The van der Waals surface area contributed by atoms with Crippen LogP contribution in [0.15, 0.2) is 4.99 Å². The maximum absolute atomic E-state index is 11.0. The number of carbonyl (C=O) groups is 2. The molecule has 7 heteroatoms. The van der Waals surface area contributed by atoms with E-state index >= 15 is 0 Å². The molecule has 2 rings (SSSR count). The molecule has 12 heavy (non-hydrogen) atoms. The zero-order valence-corrected chi connectivity index (χ0v) is 5.87. The number of fused-ring (bicyclic) bond motifs is 1. The van der Waals surface area contributed by atoms with Crippen molar-refractivity contribution in [1.29, 1.82) is 0 Å². The van der Waals surface area contributed by atoms with E-state index in [2.05, 4.69) is 15.6 Å². The third-order valence-electron chi connectivity index (χ3n) is 1.74. The largest absolute Gasteiger partial charge is 0.360 e. The molecule has 3 amide bonds.